The quantitative estimate of drug-likeness (QED) is 0.590. The Morgan fingerprint density at radius 1 is 1.47 bits per heavy atom. The molecule has 0 aromatic carbocycles. The van der Waals surface area contributed by atoms with Gasteiger partial charge in [-0.25, -0.2) is 4.79 Å². The number of amides is 3. The maximum Gasteiger partial charge on any atom is 0.323 e. The van der Waals surface area contributed by atoms with Crippen LogP contribution in [-0.2, 0) is 9.59 Å². The number of carboxylic acid groups (broad SMARTS) is 1. The van der Waals surface area contributed by atoms with Crippen LogP contribution in [0.2, 0.25) is 0 Å². The molecule has 0 saturated carbocycles. The fraction of sp³-hybridized carbons (Fsp3) is 0.625. The standard InChI is InChI=1S/C8H13N3O4/c1-10-2-3-11(5-6(10)12)8(15)9-4-7(13)14/h2-5H2,1H3,(H,9,15)(H,13,14). The highest BCUT2D eigenvalue weighted by molar-refractivity contribution is 5.86. The van der Waals surface area contributed by atoms with Crippen LogP contribution in [0.5, 0.6) is 0 Å². The number of aliphatic carboxylic acids is 1. The largest absolute Gasteiger partial charge is 0.480 e. The SMILES string of the molecule is CN1CCN(C(=O)NCC(=O)O)CC1=O. The Bertz CT molecular complexity index is 292. The van der Waals surface area contributed by atoms with Crippen LogP contribution in [0.25, 0.3) is 0 Å². The monoisotopic (exact) mass is 215 g/mol. The second-order valence-electron chi connectivity index (χ2n) is 3.29. The second kappa shape index (κ2) is 4.63. The number of nitrogens with one attached hydrogen (secondary N) is 1. The number of carboxylic acids is 1. The highest BCUT2D eigenvalue weighted by Gasteiger charge is 2.24. The van der Waals surface area contributed by atoms with Crippen molar-refractivity contribution < 1.29 is 19.5 Å². The Kier molecular flexibility index (Phi) is 3.48. The molecule has 1 aliphatic heterocycles. The van der Waals surface area contributed by atoms with Crippen molar-refractivity contribution in [3.63, 3.8) is 0 Å². The van der Waals surface area contributed by atoms with Crippen molar-refractivity contribution in [2.45, 2.75) is 0 Å². The lowest BCUT2D eigenvalue weighted by Crippen LogP contribution is -2.53. The van der Waals surface area contributed by atoms with Crippen LogP contribution < -0.4 is 5.32 Å². The Morgan fingerprint density at radius 3 is 2.67 bits per heavy atom. The molecular formula is C8H13N3O4. The summed E-state index contributed by atoms with van der Waals surface area (Å²) in [6.07, 6.45) is 0. The summed E-state index contributed by atoms with van der Waals surface area (Å²) in [4.78, 5) is 35.6. The number of piperazine rings is 1. The van der Waals surface area contributed by atoms with E-state index in [1.54, 1.807) is 7.05 Å². The summed E-state index contributed by atoms with van der Waals surface area (Å²) in [7, 11) is 1.66. The van der Waals surface area contributed by atoms with Gasteiger partial charge in [-0.05, 0) is 0 Å². The Balaban J connectivity index is 2.41. The van der Waals surface area contributed by atoms with Crippen molar-refractivity contribution in [1.29, 1.82) is 0 Å². The maximum atomic E-state index is 11.3. The van der Waals surface area contributed by atoms with Crippen LogP contribution in [0.15, 0.2) is 0 Å². The Labute approximate surface area is 86.6 Å². The number of hydrogen-bond acceptors (Lipinski definition) is 3. The van der Waals surface area contributed by atoms with E-state index in [0.29, 0.717) is 13.1 Å². The van der Waals surface area contributed by atoms with E-state index in [-0.39, 0.29) is 12.5 Å². The maximum absolute atomic E-state index is 11.3. The molecular weight excluding hydrogens is 202 g/mol. The van der Waals surface area contributed by atoms with Gasteiger partial charge in [-0.3, -0.25) is 9.59 Å². The molecule has 0 aliphatic carbocycles. The minimum Gasteiger partial charge on any atom is -0.480 e. The summed E-state index contributed by atoms with van der Waals surface area (Å²) in [6, 6.07) is -0.515. The summed E-state index contributed by atoms with van der Waals surface area (Å²) in [6.45, 7) is 0.467. The minimum absolute atomic E-state index is 0.00194. The summed E-state index contributed by atoms with van der Waals surface area (Å²) in [5.74, 6) is -1.25. The zero-order chi connectivity index (χ0) is 11.4. The lowest BCUT2D eigenvalue weighted by Gasteiger charge is -2.31. The van der Waals surface area contributed by atoms with Gasteiger partial charge in [-0.1, -0.05) is 0 Å². The molecule has 1 aliphatic rings. The van der Waals surface area contributed by atoms with Crippen molar-refractivity contribution >= 4 is 17.9 Å². The molecule has 1 fully saturated rings. The van der Waals surface area contributed by atoms with E-state index in [1.165, 1.54) is 9.80 Å². The van der Waals surface area contributed by atoms with Crippen molar-refractivity contribution in [1.82, 2.24) is 15.1 Å². The topological polar surface area (TPSA) is 89.9 Å². The number of likely N-dealkylation sites (N-methyl/N-ethyl adjacent to an activating group) is 1. The number of hydrogen-bond donors (Lipinski definition) is 2. The third-order valence-electron chi connectivity index (χ3n) is 2.14. The van der Waals surface area contributed by atoms with Gasteiger partial charge in [0.15, 0.2) is 0 Å². The van der Waals surface area contributed by atoms with E-state index >= 15 is 0 Å². The fourth-order valence-corrected chi connectivity index (χ4v) is 1.19. The lowest BCUT2D eigenvalue weighted by molar-refractivity contribution is -0.135. The average Bonchev–Trinajstić information content (AvgIpc) is 2.18. The first kappa shape index (κ1) is 11.3. The number of urea groups is 1. The van der Waals surface area contributed by atoms with E-state index in [0.717, 1.165) is 0 Å². The molecule has 0 aromatic rings. The predicted molar refractivity (Wildman–Crippen MR) is 50.2 cm³/mol. The Morgan fingerprint density at radius 2 is 2.13 bits per heavy atom. The van der Waals surface area contributed by atoms with E-state index in [1.807, 2.05) is 0 Å². The number of carbonyl (C=O) groups excluding carboxylic acids is 2. The normalized spacial score (nSPS) is 16.5. The first-order valence-electron chi connectivity index (χ1n) is 4.49. The molecule has 1 saturated heterocycles. The van der Waals surface area contributed by atoms with Gasteiger partial charge < -0.3 is 20.2 Å². The first-order chi connectivity index (χ1) is 7.00. The molecule has 1 rings (SSSR count). The van der Waals surface area contributed by atoms with Crippen molar-refractivity contribution in [3.05, 3.63) is 0 Å². The number of nitrogens with zero attached hydrogens (tertiary/aromatic N) is 2. The third kappa shape index (κ3) is 3.12. The molecule has 0 atom stereocenters. The van der Waals surface area contributed by atoms with Crippen LogP contribution in [0.1, 0.15) is 0 Å². The molecule has 2 N–H and O–H groups in total. The molecule has 1 heterocycles. The molecule has 0 radical (unpaired) electrons. The van der Waals surface area contributed by atoms with Gasteiger partial charge in [0.25, 0.3) is 0 Å². The summed E-state index contributed by atoms with van der Waals surface area (Å²) in [5.41, 5.74) is 0. The van der Waals surface area contributed by atoms with E-state index in [2.05, 4.69) is 5.32 Å². The van der Waals surface area contributed by atoms with Gasteiger partial charge in [-0.2, -0.15) is 0 Å². The average molecular weight is 215 g/mol. The van der Waals surface area contributed by atoms with E-state index in [9.17, 15) is 14.4 Å². The van der Waals surface area contributed by atoms with Crippen molar-refractivity contribution in [2.75, 3.05) is 33.2 Å². The minimum atomic E-state index is -1.11. The molecule has 7 heteroatoms. The van der Waals surface area contributed by atoms with Gasteiger partial charge in [0, 0.05) is 20.1 Å². The second-order valence-corrected chi connectivity index (χ2v) is 3.29. The molecule has 84 valence electrons. The fourth-order valence-electron chi connectivity index (χ4n) is 1.19. The van der Waals surface area contributed by atoms with Gasteiger partial charge in [0.1, 0.15) is 13.1 Å². The van der Waals surface area contributed by atoms with Crippen LogP contribution in [0, 0.1) is 0 Å². The summed E-state index contributed by atoms with van der Waals surface area (Å²) < 4.78 is 0. The van der Waals surface area contributed by atoms with Crippen molar-refractivity contribution in [2.24, 2.45) is 0 Å². The molecule has 15 heavy (non-hydrogen) atoms. The smallest absolute Gasteiger partial charge is 0.323 e. The van der Waals surface area contributed by atoms with Crippen molar-refractivity contribution in [3.8, 4) is 0 Å². The van der Waals surface area contributed by atoms with Gasteiger partial charge in [0.2, 0.25) is 5.91 Å². The van der Waals surface area contributed by atoms with E-state index in [4.69, 9.17) is 5.11 Å². The molecule has 0 aromatic heterocycles. The van der Waals surface area contributed by atoms with Crippen LogP contribution in [0.3, 0.4) is 0 Å². The van der Waals surface area contributed by atoms with Crippen LogP contribution in [-0.4, -0.2) is 66.0 Å². The number of carbonyl (C=O) groups is 3. The molecule has 0 spiro atoms. The zero-order valence-electron chi connectivity index (χ0n) is 8.39. The summed E-state index contributed by atoms with van der Waals surface area (Å²) >= 11 is 0. The summed E-state index contributed by atoms with van der Waals surface area (Å²) in [5, 5.41) is 10.6. The third-order valence-corrected chi connectivity index (χ3v) is 2.14. The predicted octanol–water partition coefficient (Wildman–Crippen LogP) is -1.45. The van der Waals surface area contributed by atoms with Gasteiger partial charge >= 0.3 is 12.0 Å². The molecule has 3 amide bonds. The number of rotatable bonds is 2. The van der Waals surface area contributed by atoms with E-state index < -0.39 is 18.5 Å². The Hall–Kier alpha value is -1.79. The van der Waals surface area contributed by atoms with Gasteiger partial charge in [-0.15, -0.1) is 0 Å². The lowest BCUT2D eigenvalue weighted by atomic mass is 10.3. The molecule has 0 bridgehead atoms. The highest BCUT2D eigenvalue weighted by atomic mass is 16.4. The van der Waals surface area contributed by atoms with Crippen LogP contribution in [0.4, 0.5) is 4.79 Å². The molecule has 0 unspecified atom stereocenters. The van der Waals surface area contributed by atoms with Crippen LogP contribution >= 0.6 is 0 Å². The molecule has 7 nitrogen and oxygen atoms in total. The first-order valence-corrected chi connectivity index (χ1v) is 4.49. The van der Waals surface area contributed by atoms with Gasteiger partial charge in [0.05, 0.1) is 0 Å². The highest BCUT2D eigenvalue weighted by Crippen LogP contribution is 2.00. The zero-order valence-corrected chi connectivity index (χ0v) is 8.39.